The zero-order valence-electron chi connectivity index (χ0n) is 17.8. The summed E-state index contributed by atoms with van der Waals surface area (Å²) in [6, 6.07) is 10.3. The first-order valence-electron chi connectivity index (χ1n) is 11.3. The van der Waals surface area contributed by atoms with Crippen LogP contribution in [-0.2, 0) is 30.6 Å². The Morgan fingerprint density at radius 2 is 1.86 bits per heavy atom. The standard InChI is InChI=1S/C24H34O5/c1-16-9-10-20-17(2)21(12-14-25-15-18-7-5-4-6-8-18)26-22-24(20)19(16)11-13-23(3,27-22)28-29-24/h4-8,16-17,19-22H,9-15H2,1-3H3/t16-,17-,19+,20+,21-,22-,23+,24-/m1/s1. The van der Waals surface area contributed by atoms with Crippen molar-refractivity contribution in [1.29, 1.82) is 0 Å². The summed E-state index contributed by atoms with van der Waals surface area (Å²) in [5.41, 5.74) is 0.741. The molecule has 5 heteroatoms. The molecule has 5 aliphatic rings. The van der Waals surface area contributed by atoms with Gasteiger partial charge in [-0.25, -0.2) is 9.78 Å². The maximum absolute atomic E-state index is 6.60. The molecule has 0 unspecified atom stereocenters. The van der Waals surface area contributed by atoms with Crippen molar-refractivity contribution in [2.24, 2.45) is 23.7 Å². The molecule has 4 heterocycles. The van der Waals surface area contributed by atoms with Crippen molar-refractivity contribution < 1.29 is 24.0 Å². The van der Waals surface area contributed by atoms with Crippen LogP contribution in [0.15, 0.2) is 30.3 Å². The Hall–Kier alpha value is -0.980. The minimum absolute atomic E-state index is 0.118. The Kier molecular flexibility index (Phi) is 5.24. The van der Waals surface area contributed by atoms with Crippen LogP contribution in [0.5, 0.6) is 0 Å². The topological polar surface area (TPSA) is 46.2 Å². The molecule has 29 heavy (non-hydrogen) atoms. The average Bonchev–Trinajstić information content (AvgIpc) is 2.95. The van der Waals surface area contributed by atoms with E-state index in [1.54, 1.807) is 0 Å². The fourth-order valence-corrected chi connectivity index (χ4v) is 6.27. The average molecular weight is 403 g/mol. The van der Waals surface area contributed by atoms with Crippen LogP contribution in [0.3, 0.4) is 0 Å². The number of benzene rings is 1. The summed E-state index contributed by atoms with van der Waals surface area (Å²) < 4.78 is 19.0. The SMILES string of the molecule is C[C@H]1[C@@H](CCOCc2ccccc2)O[C@@H]2O[C@]3(C)CC[C@H]4[C@H](C)CC[C@@H]1[C@@]24OO3. The van der Waals surface area contributed by atoms with Gasteiger partial charge in [0.2, 0.25) is 5.79 Å². The molecular formula is C24H34O5. The molecule has 0 radical (unpaired) electrons. The molecule has 1 aromatic carbocycles. The number of rotatable bonds is 5. The van der Waals surface area contributed by atoms with E-state index in [1.807, 2.05) is 25.1 Å². The third-order valence-electron chi connectivity index (χ3n) is 7.95. The molecule has 1 spiro atoms. The monoisotopic (exact) mass is 402 g/mol. The lowest BCUT2D eigenvalue weighted by atomic mass is 9.57. The summed E-state index contributed by atoms with van der Waals surface area (Å²) in [6.07, 6.45) is 4.96. The van der Waals surface area contributed by atoms with Crippen molar-refractivity contribution in [2.45, 2.75) is 83.3 Å². The predicted octanol–water partition coefficient (Wildman–Crippen LogP) is 4.84. The van der Waals surface area contributed by atoms with Gasteiger partial charge in [0.15, 0.2) is 11.9 Å². The first-order valence-corrected chi connectivity index (χ1v) is 11.3. The van der Waals surface area contributed by atoms with Gasteiger partial charge >= 0.3 is 0 Å². The van der Waals surface area contributed by atoms with Crippen molar-refractivity contribution in [3.8, 4) is 0 Å². The molecule has 1 aliphatic carbocycles. The van der Waals surface area contributed by atoms with Crippen LogP contribution < -0.4 is 0 Å². The van der Waals surface area contributed by atoms with Gasteiger partial charge in [-0.1, -0.05) is 44.2 Å². The van der Waals surface area contributed by atoms with E-state index in [9.17, 15) is 0 Å². The Labute approximate surface area is 173 Å². The highest BCUT2D eigenvalue weighted by atomic mass is 17.3. The quantitative estimate of drug-likeness (QED) is 0.521. The van der Waals surface area contributed by atoms with Gasteiger partial charge in [-0.2, -0.15) is 0 Å². The zero-order valence-corrected chi connectivity index (χ0v) is 17.8. The second kappa shape index (κ2) is 7.61. The summed E-state index contributed by atoms with van der Waals surface area (Å²) in [6.45, 7) is 7.97. The minimum atomic E-state index is -0.702. The number of fused-ring (bicyclic) bond motifs is 2. The van der Waals surface area contributed by atoms with Crippen LogP contribution in [0, 0.1) is 23.7 Å². The zero-order chi connectivity index (χ0) is 20.1. The number of hydrogen-bond donors (Lipinski definition) is 0. The molecule has 5 fully saturated rings. The Bertz CT molecular complexity index is 710. The molecule has 160 valence electrons. The molecule has 0 amide bonds. The molecule has 1 saturated carbocycles. The largest absolute Gasteiger partial charge is 0.377 e. The smallest absolute Gasteiger partial charge is 0.201 e. The van der Waals surface area contributed by atoms with E-state index in [1.165, 1.54) is 12.0 Å². The molecule has 1 aromatic rings. The number of hydrogen-bond acceptors (Lipinski definition) is 5. The van der Waals surface area contributed by atoms with Crippen molar-refractivity contribution in [3.05, 3.63) is 35.9 Å². The summed E-state index contributed by atoms with van der Waals surface area (Å²) in [4.78, 5) is 12.1. The van der Waals surface area contributed by atoms with Crippen molar-refractivity contribution >= 4 is 0 Å². The highest BCUT2D eigenvalue weighted by Gasteiger charge is 2.69. The second-order valence-electron chi connectivity index (χ2n) is 9.77. The van der Waals surface area contributed by atoms with Crippen molar-refractivity contribution in [2.75, 3.05) is 6.61 Å². The maximum Gasteiger partial charge on any atom is 0.201 e. The van der Waals surface area contributed by atoms with E-state index < -0.39 is 11.4 Å². The summed E-state index contributed by atoms with van der Waals surface area (Å²) in [5, 5.41) is 0. The van der Waals surface area contributed by atoms with Crippen LogP contribution in [0.25, 0.3) is 0 Å². The molecule has 6 rings (SSSR count). The van der Waals surface area contributed by atoms with Gasteiger partial charge < -0.3 is 14.2 Å². The number of ether oxygens (including phenoxy) is 3. The van der Waals surface area contributed by atoms with Crippen molar-refractivity contribution in [1.82, 2.24) is 0 Å². The van der Waals surface area contributed by atoms with E-state index in [4.69, 9.17) is 24.0 Å². The van der Waals surface area contributed by atoms with Crippen LogP contribution in [-0.4, -0.2) is 30.4 Å². The molecule has 0 N–H and O–H groups in total. The molecular weight excluding hydrogens is 368 g/mol. The lowest BCUT2D eigenvalue weighted by molar-refractivity contribution is -0.571. The first kappa shape index (κ1) is 20.0. The van der Waals surface area contributed by atoms with Crippen LogP contribution in [0.4, 0.5) is 0 Å². The van der Waals surface area contributed by atoms with Gasteiger partial charge in [-0.15, -0.1) is 0 Å². The van der Waals surface area contributed by atoms with Crippen LogP contribution in [0.1, 0.15) is 58.4 Å². The molecule has 2 bridgehead atoms. The first-order chi connectivity index (χ1) is 14.0. The normalized spacial score (nSPS) is 46.2. The van der Waals surface area contributed by atoms with Crippen LogP contribution in [0.2, 0.25) is 0 Å². The van der Waals surface area contributed by atoms with E-state index in [0.29, 0.717) is 36.9 Å². The van der Waals surface area contributed by atoms with E-state index >= 15 is 0 Å². The summed E-state index contributed by atoms with van der Waals surface area (Å²) in [5.74, 6) is 1.10. The fraction of sp³-hybridized carbons (Fsp3) is 0.750. The third kappa shape index (κ3) is 3.35. The minimum Gasteiger partial charge on any atom is -0.377 e. The third-order valence-corrected chi connectivity index (χ3v) is 7.95. The van der Waals surface area contributed by atoms with Gasteiger partial charge in [0.1, 0.15) is 0 Å². The Morgan fingerprint density at radius 3 is 2.69 bits per heavy atom. The van der Waals surface area contributed by atoms with Crippen molar-refractivity contribution in [3.63, 3.8) is 0 Å². The maximum atomic E-state index is 6.60. The van der Waals surface area contributed by atoms with Gasteiger partial charge in [0.05, 0.1) is 12.7 Å². The Morgan fingerprint density at radius 1 is 1.03 bits per heavy atom. The van der Waals surface area contributed by atoms with Crippen LogP contribution >= 0.6 is 0 Å². The molecule has 0 aromatic heterocycles. The second-order valence-corrected chi connectivity index (χ2v) is 9.77. The van der Waals surface area contributed by atoms with Gasteiger partial charge in [0, 0.05) is 18.9 Å². The molecule has 5 nitrogen and oxygen atoms in total. The van der Waals surface area contributed by atoms with E-state index in [-0.39, 0.29) is 12.4 Å². The van der Waals surface area contributed by atoms with E-state index in [0.717, 1.165) is 25.7 Å². The highest BCUT2D eigenvalue weighted by molar-refractivity contribution is 5.13. The van der Waals surface area contributed by atoms with Gasteiger partial charge in [-0.3, -0.25) is 0 Å². The highest BCUT2D eigenvalue weighted by Crippen LogP contribution is 2.60. The lowest BCUT2D eigenvalue weighted by Gasteiger charge is -2.60. The Balaban J connectivity index is 1.29. The summed E-state index contributed by atoms with van der Waals surface area (Å²) >= 11 is 0. The molecule has 8 atom stereocenters. The van der Waals surface area contributed by atoms with Gasteiger partial charge in [0.25, 0.3) is 0 Å². The summed E-state index contributed by atoms with van der Waals surface area (Å²) in [7, 11) is 0. The predicted molar refractivity (Wildman–Crippen MR) is 108 cm³/mol. The molecule has 4 aliphatic heterocycles. The van der Waals surface area contributed by atoms with E-state index in [2.05, 4.69) is 26.0 Å². The van der Waals surface area contributed by atoms with Gasteiger partial charge in [-0.05, 0) is 55.9 Å². The lowest BCUT2D eigenvalue weighted by Crippen LogP contribution is -2.70. The molecule has 4 saturated heterocycles. The fourth-order valence-electron chi connectivity index (χ4n) is 6.27.